The van der Waals surface area contributed by atoms with E-state index in [-0.39, 0.29) is 30.9 Å². The van der Waals surface area contributed by atoms with E-state index in [0.717, 1.165) is 0 Å². The van der Waals surface area contributed by atoms with Gasteiger partial charge in [-0.05, 0) is 35.7 Å². The number of aliphatic imine (C=N–C) groups is 1. The number of benzene rings is 2. The Morgan fingerprint density at radius 1 is 1.00 bits per heavy atom. The van der Waals surface area contributed by atoms with E-state index in [1.807, 2.05) is 13.8 Å². The van der Waals surface area contributed by atoms with Gasteiger partial charge < -0.3 is 27.4 Å². The summed E-state index contributed by atoms with van der Waals surface area (Å²) in [5, 5.41) is 2.77. The lowest BCUT2D eigenvalue weighted by Crippen LogP contribution is -2.52. The Bertz CT molecular complexity index is 955. The van der Waals surface area contributed by atoms with Gasteiger partial charge in [0.05, 0.1) is 12.2 Å². The largest absolute Gasteiger partial charge is 0.370 e. The second kappa shape index (κ2) is 10.8. The van der Waals surface area contributed by atoms with Crippen LogP contribution in [0.15, 0.2) is 59.6 Å². The SMILES string of the molecule is CC(C)[C@H](NC(=O)c1ccccc1)C(=O)N(CC(N)=O)Cc1cccc(N=C(N)N)c1. The number of carbonyl (C=O) groups is 3. The maximum absolute atomic E-state index is 13.3. The molecule has 0 unspecified atom stereocenters. The van der Waals surface area contributed by atoms with Gasteiger partial charge in [0.2, 0.25) is 11.8 Å². The van der Waals surface area contributed by atoms with E-state index in [1.54, 1.807) is 54.6 Å². The second-order valence-electron chi connectivity index (χ2n) is 7.43. The van der Waals surface area contributed by atoms with Crippen LogP contribution in [0.1, 0.15) is 29.8 Å². The Morgan fingerprint density at radius 3 is 2.26 bits per heavy atom. The molecule has 0 aliphatic heterocycles. The maximum Gasteiger partial charge on any atom is 0.251 e. The molecule has 9 nitrogen and oxygen atoms in total. The van der Waals surface area contributed by atoms with Gasteiger partial charge in [0.1, 0.15) is 6.04 Å². The molecule has 164 valence electrons. The molecular weight excluding hydrogens is 396 g/mol. The van der Waals surface area contributed by atoms with Gasteiger partial charge in [0.15, 0.2) is 5.96 Å². The summed E-state index contributed by atoms with van der Waals surface area (Å²) >= 11 is 0. The van der Waals surface area contributed by atoms with Crippen molar-refractivity contribution < 1.29 is 14.4 Å². The highest BCUT2D eigenvalue weighted by Gasteiger charge is 2.30. The number of hydrogen-bond donors (Lipinski definition) is 4. The third kappa shape index (κ3) is 7.14. The van der Waals surface area contributed by atoms with Gasteiger partial charge in [-0.1, -0.05) is 44.2 Å². The minimum atomic E-state index is -0.840. The van der Waals surface area contributed by atoms with Crippen LogP contribution in [0.4, 0.5) is 5.69 Å². The number of amides is 3. The topological polar surface area (TPSA) is 157 Å². The van der Waals surface area contributed by atoms with Gasteiger partial charge in [0, 0.05) is 12.1 Å². The molecule has 0 bridgehead atoms. The Labute approximate surface area is 181 Å². The molecule has 0 radical (unpaired) electrons. The molecule has 2 aromatic carbocycles. The third-order valence-corrected chi connectivity index (χ3v) is 4.46. The van der Waals surface area contributed by atoms with Gasteiger partial charge in [-0.2, -0.15) is 0 Å². The fourth-order valence-electron chi connectivity index (χ4n) is 3.02. The van der Waals surface area contributed by atoms with Gasteiger partial charge in [-0.15, -0.1) is 0 Å². The van der Waals surface area contributed by atoms with Gasteiger partial charge in [-0.3, -0.25) is 14.4 Å². The van der Waals surface area contributed by atoms with Crippen LogP contribution in [0.25, 0.3) is 0 Å². The number of nitrogens with two attached hydrogens (primary N) is 3. The second-order valence-corrected chi connectivity index (χ2v) is 7.43. The molecule has 31 heavy (non-hydrogen) atoms. The first kappa shape index (κ1) is 23.4. The zero-order valence-electron chi connectivity index (χ0n) is 17.6. The van der Waals surface area contributed by atoms with Crippen LogP contribution in [0.2, 0.25) is 0 Å². The van der Waals surface area contributed by atoms with Crippen molar-refractivity contribution in [1.29, 1.82) is 0 Å². The lowest BCUT2D eigenvalue weighted by atomic mass is 10.0. The van der Waals surface area contributed by atoms with Crippen molar-refractivity contribution >= 4 is 29.4 Å². The average Bonchev–Trinajstić information content (AvgIpc) is 2.70. The van der Waals surface area contributed by atoms with Crippen LogP contribution in [0.3, 0.4) is 0 Å². The first-order valence-corrected chi connectivity index (χ1v) is 9.79. The summed E-state index contributed by atoms with van der Waals surface area (Å²) < 4.78 is 0. The number of rotatable bonds is 9. The summed E-state index contributed by atoms with van der Waals surface area (Å²) in [7, 11) is 0. The number of hydrogen-bond acceptors (Lipinski definition) is 4. The quantitative estimate of drug-likeness (QED) is 0.347. The molecule has 0 saturated heterocycles. The maximum atomic E-state index is 13.3. The first-order chi connectivity index (χ1) is 14.7. The van der Waals surface area contributed by atoms with Crippen LogP contribution in [-0.4, -0.2) is 41.2 Å². The van der Waals surface area contributed by atoms with Crippen LogP contribution < -0.4 is 22.5 Å². The smallest absolute Gasteiger partial charge is 0.251 e. The zero-order chi connectivity index (χ0) is 23.0. The molecular formula is C22H28N6O3. The predicted octanol–water partition coefficient (Wildman–Crippen LogP) is 0.860. The summed E-state index contributed by atoms with van der Waals surface area (Å²) in [5.41, 5.74) is 17.9. The molecule has 0 aliphatic carbocycles. The lowest BCUT2D eigenvalue weighted by molar-refractivity contribution is -0.138. The summed E-state index contributed by atoms with van der Waals surface area (Å²) in [4.78, 5) is 42.8. The minimum Gasteiger partial charge on any atom is -0.370 e. The number of nitrogens with zero attached hydrogens (tertiary/aromatic N) is 2. The normalized spacial score (nSPS) is 11.5. The van der Waals surface area contributed by atoms with Crippen molar-refractivity contribution in [2.24, 2.45) is 28.1 Å². The summed E-state index contributed by atoms with van der Waals surface area (Å²) in [6.07, 6.45) is 0. The predicted molar refractivity (Wildman–Crippen MR) is 119 cm³/mol. The van der Waals surface area contributed by atoms with Crippen LogP contribution in [0.5, 0.6) is 0 Å². The van der Waals surface area contributed by atoms with E-state index in [9.17, 15) is 14.4 Å². The van der Waals surface area contributed by atoms with Crippen LogP contribution in [0, 0.1) is 5.92 Å². The minimum absolute atomic E-state index is 0.0919. The molecule has 0 heterocycles. The highest BCUT2D eigenvalue weighted by Crippen LogP contribution is 2.17. The Hall–Kier alpha value is -3.88. The highest BCUT2D eigenvalue weighted by molar-refractivity contribution is 5.98. The fraction of sp³-hybridized carbons (Fsp3) is 0.273. The standard InChI is InChI=1S/C22H28N6O3/c1-14(2)19(27-20(30)16-8-4-3-5-9-16)21(31)28(13-18(23)29)12-15-7-6-10-17(11-15)26-22(24)25/h3-11,14,19H,12-13H2,1-2H3,(H2,23,29)(H,27,30)(H4,24,25,26)/t19-/m0/s1. The summed E-state index contributed by atoms with van der Waals surface area (Å²) in [6, 6.07) is 14.7. The van der Waals surface area contributed by atoms with Gasteiger partial charge in [0.25, 0.3) is 5.91 Å². The number of primary amides is 1. The van der Waals surface area contributed by atoms with Gasteiger partial charge in [-0.25, -0.2) is 4.99 Å². The molecule has 0 saturated carbocycles. The summed E-state index contributed by atoms with van der Waals surface area (Å²) in [6.45, 7) is 3.43. The number of carbonyl (C=O) groups excluding carboxylic acids is 3. The Balaban J connectivity index is 2.26. The van der Waals surface area contributed by atoms with E-state index in [0.29, 0.717) is 16.8 Å². The van der Waals surface area contributed by atoms with Crippen LogP contribution in [-0.2, 0) is 16.1 Å². The molecule has 7 N–H and O–H groups in total. The Morgan fingerprint density at radius 2 is 1.68 bits per heavy atom. The molecule has 3 amide bonds. The molecule has 1 atom stereocenters. The Kier molecular flexibility index (Phi) is 8.13. The first-order valence-electron chi connectivity index (χ1n) is 9.79. The average molecular weight is 425 g/mol. The van der Waals surface area contributed by atoms with E-state index in [2.05, 4.69) is 10.3 Å². The van der Waals surface area contributed by atoms with E-state index >= 15 is 0 Å². The lowest BCUT2D eigenvalue weighted by Gasteiger charge is -2.29. The molecule has 0 fully saturated rings. The van der Waals surface area contributed by atoms with Crippen LogP contribution >= 0.6 is 0 Å². The van der Waals surface area contributed by atoms with Crippen molar-refractivity contribution in [1.82, 2.24) is 10.2 Å². The van der Waals surface area contributed by atoms with Crippen molar-refractivity contribution in [3.8, 4) is 0 Å². The van der Waals surface area contributed by atoms with E-state index in [4.69, 9.17) is 17.2 Å². The molecule has 0 aromatic heterocycles. The summed E-state index contributed by atoms with van der Waals surface area (Å²) in [5.74, 6) is -1.76. The molecule has 2 rings (SSSR count). The highest BCUT2D eigenvalue weighted by atomic mass is 16.2. The number of guanidine groups is 1. The molecule has 0 spiro atoms. The fourth-order valence-corrected chi connectivity index (χ4v) is 3.02. The van der Waals surface area contributed by atoms with E-state index < -0.39 is 17.9 Å². The van der Waals surface area contributed by atoms with Crippen molar-refractivity contribution in [3.63, 3.8) is 0 Å². The number of nitrogens with one attached hydrogen (secondary N) is 1. The molecule has 0 aliphatic rings. The molecule has 9 heteroatoms. The third-order valence-electron chi connectivity index (χ3n) is 4.46. The van der Waals surface area contributed by atoms with Crippen molar-refractivity contribution in [2.75, 3.05) is 6.54 Å². The van der Waals surface area contributed by atoms with Crippen molar-refractivity contribution in [2.45, 2.75) is 26.4 Å². The zero-order valence-corrected chi connectivity index (χ0v) is 17.6. The van der Waals surface area contributed by atoms with Crippen molar-refractivity contribution in [3.05, 3.63) is 65.7 Å². The van der Waals surface area contributed by atoms with Gasteiger partial charge >= 0.3 is 0 Å². The molecule has 2 aromatic rings. The monoisotopic (exact) mass is 424 g/mol. The van der Waals surface area contributed by atoms with E-state index in [1.165, 1.54) is 4.90 Å².